The van der Waals surface area contributed by atoms with Gasteiger partial charge in [0.2, 0.25) is 0 Å². The number of hydrogen-bond acceptors (Lipinski definition) is 6. The molecule has 2 atom stereocenters. The number of nitrogens with zero attached hydrogens (tertiary/aromatic N) is 5. The van der Waals surface area contributed by atoms with E-state index in [0.717, 1.165) is 94.1 Å². The van der Waals surface area contributed by atoms with Crippen LogP contribution in [0.3, 0.4) is 0 Å². The molecule has 0 aliphatic carbocycles. The third-order valence-corrected chi connectivity index (χ3v) is 10.6. The van der Waals surface area contributed by atoms with Gasteiger partial charge in [0.1, 0.15) is 17.5 Å². The van der Waals surface area contributed by atoms with Crippen molar-refractivity contribution in [3.05, 3.63) is 103 Å². The van der Waals surface area contributed by atoms with Crippen molar-refractivity contribution >= 4 is 5.82 Å². The van der Waals surface area contributed by atoms with E-state index in [1.54, 1.807) is 0 Å². The molecule has 0 radical (unpaired) electrons. The van der Waals surface area contributed by atoms with Crippen molar-refractivity contribution in [2.24, 2.45) is 0 Å². The Balaban J connectivity index is 1.03. The van der Waals surface area contributed by atoms with Crippen molar-refractivity contribution in [3.63, 3.8) is 0 Å². The molecule has 4 aromatic heterocycles. The molecule has 9 rings (SSSR count). The van der Waals surface area contributed by atoms with E-state index in [-0.39, 0.29) is 24.9 Å². The highest BCUT2D eigenvalue weighted by Crippen LogP contribution is 2.36. The highest BCUT2D eigenvalue weighted by atomic mass is 19.3. The fourth-order valence-corrected chi connectivity index (χ4v) is 7.72. The Kier molecular flexibility index (Phi) is 8.24. The summed E-state index contributed by atoms with van der Waals surface area (Å²) in [6, 6.07) is 26.0. The van der Waals surface area contributed by atoms with Gasteiger partial charge in [-0.1, -0.05) is 48.5 Å². The molecule has 7 heterocycles. The Morgan fingerprint density at radius 3 is 1.55 bits per heavy atom. The first-order chi connectivity index (χ1) is 25.0. The first-order valence-electron chi connectivity index (χ1n) is 18.1. The van der Waals surface area contributed by atoms with Crippen LogP contribution in [0.25, 0.3) is 50.7 Å². The second kappa shape index (κ2) is 13.2. The van der Waals surface area contributed by atoms with Gasteiger partial charge in [-0.3, -0.25) is 0 Å². The minimum Gasteiger partial charge on any atom is -0.356 e. The number of H-pyrrole nitrogens is 2. The van der Waals surface area contributed by atoms with E-state index in [2.05, 4.69) is 95.8 Å². The summed E-state index contributed by atoms with van der Waals surface area (Å²) in [4.78, 5) is 23.1. The van der Waals surface area contributed by atoms with Gasteiger partial charge < -0.3 is 30.1 Å². The summed E-state index contributed by atoms with van der Waals surface area (Å²) in [5.74, 6) is 0.0980. The van der Waals surface area contributed by atoms with Gasteiger partial charge in [-0.05, 0) is 85.3 Å². The van der Waals surface area contributed by atoms with Crippen LogP contribution >= 0.6 is 0 Å². The molecule has 0 saturated carbocycles. The molecule has 11 heteroatoms. The Morgan fingerprint density at radius 2 is 1.10 bits per heavy atom. The SMILES string of the molecule is FC1(F)CCN(c2ccc(-n3c(-c4ccc(-c5cnc(C6CCCN6)[nH]5)cc4)ccc3-c3ccc(-c4cnc(C5CCCN5)[nH]4)cc3)cn2)CC1. The highest BCUT2D eigenvalue weighted by Gasteiger charge is 2.34. The normalized spacial score (nSPS) is 20.3. The number of alkyl halides is 2. The summed E-state index contributed by atoms with van der Waals surface area (Å²) in [5.41, 5.74) is 9.22. The number of benzene rings is 2. The van der Waals surface area contributed by atoms with Crippen molar-refractivity contribution in [1.29, 1.82) is 0 Å². The molecule has 51 heavy (non-hydrogen) atoms. The molecule has 2 unspecified atom stereocenters. The maximum Gasteiger partial charge on any atom is 0.251 e. The second-order valence-corrected chi connectivity index (χ2v) is 14.0. The standard InChI is InChI=1S/C40H41F2N9/c41-40(42)17-21-50(22-18-40)37-16-13-30(23-45-37)51-35(28-9-5-26(6-10-28)33-24-46-38(48-33)31-3-1-19-43-31)14-15-36(51)29-11-7-27(8-12-29)34-25-47-39(49-34)32-4-2-20-44-32/h5-16,23-25,31-32,43-44H,1-4,17-22H2,(H,46,48)(H,47,49). The summed E-state index contributed by atoms with van der Waals surface area (Å²) < 4.78 is 30.0. The second-order valence-electron chi connectivity index (χ2n) is 14.0. The zero-order valence-corrected chi connectivity index (χ0v) is 28.4. The number of nitrogens with one attached hydrogen (secondary N) is 4. The number of pyridine rings is 1. The predicted octanol–water partition coefficient (Wildman–Crippen LogP) is 8.07. The van der Waals surface area contributed by atoms with Crippen LogP contribution in [0.2, 0.25) is 0 Å². The summed E-state index contributed by atoms with van der Waals surface area (Å²) in [6.07, 6.45) is 9.92. The van der Waals surface area contributed by atoms with Crippen LogP contribution in [0.5, 0.6) is 0 Å². The zero-order valence-electron chi connectivity index (χ0n) is 28.4. The third kappa shape index (κ3) is 6.36. The van der Waals surface area contributed by atoms with Crippen molar-refractivity contribution < 1.29 is 8.78 Å². The van der Waals surface area contributed by atoms with E-state index in [0.29, 0.717) is 13.1 Å². The van der Waals surface area contributed by atoms with Gasteiger partial charge in [-0.15, -0.1) is 0 Å². The predicted molar refractivity (Wildman–Crippen MR) is 196 cm³/mol. The molecule has 9 nitrogen and oxygen atoms in total. The van der Waals surface area contributed by atoms with Crippen molar-refractivity contribution in [2.45, 2.75) is 56.5 Å². The van der Waals surface area contributed by atoms with E-state index in [9.17, 15) is 8.78 Å². The van der Waals surface area contributed by atoms with Crippen LogP contribution in [-0.2, 0) is 0 Å². The number of piperidine rings is 1. The molecule has 0 amide bonds. The Bertz CT molecular complexity index is 1970. The maximum atomic E-state index is 13.9. The van der Waals surface area contributed by atoms with Gasteiger partial charge in [0.05, 0.1) is 59.1 Å². The topological polar surface area (TPSA) is 102 Å². The first kappa shape index (κ1) is 31.8. The lowest BCUT2D eigenvalue weighted by Gasteiger charge is -2.32. The van der Waals surface area contributed by atoms with Gasteiger partial charge in [0.15, 0.2) is 0 Å². The van der Waals surface area contributed by atoms with Gasteiger partial charge in [0.25, 0.3) is 5.92 Å². The summed E-state index contributed by atoms with van der Waals surface area (Å²) in [6.45, 7) is 2.64. The molecular weight excluding hydrogens is 644 g/mol. The lowest BCUT2D eigenvalue weighted by molar-refractivity contribution is -0.0221. The highest BCUT2D eigenvalue weighted by molar-refractivity contribution is 5.76. The number of aromatic nitrogens is 6. The third-order valence-electron chi connectivity index (χ3n) is 10.6. The van der Waals surface area contributed by atoms with Crippen LogP contribution in [-0.4, -0.2) is 61.6 Å². The van der Waals surface area contributed by atoms with Gasteiger partial charge >= 0.3 is 0 Å². The molecule has 4 N–H and O–H groups in total. The number of halogens is 2. The number of aromatic amines is 2. The molecule has 6 aromatic rings. The van der Waals surface area contributed by atoms with E-state index in [1.807, 2.05) is 35.6 Å². The Labute approximate surface area is 295 Å². The summed E-state index contributed by atoms with van der Waals surface area (Å²) >= 11 is 0. The molecule has 0 spiro atoms. The van der Waals surface area contributed by atoms with Crippen LogP contribution < -0.4 is 15.5 Å². The number of rotatable bonds is 8. The van der Waals surface area contributed by atoms with Gasteiger partial charge in [0, 0.05) is 25.9 Å². The largest absolute Gasteiger partial charge is 0.356 e. The fraction of sp³-hybridized carbons (Fsp3) is 0.325. The van der Waals surface area contributed by atoms with Crippen molar-refractivity contribution in [3.8, 4) is 50.7 Å². The van der Waals surface area contributed by atoms with E-state index in [4.69, 9.17) is 4.98 Å². The van der Waals surface area contributed by atoms with Gasteiger partial charge in [-0.25, -0.2) is 23.7 Å². The van der Waals surface area contributed by atoms with Crippen molar-refractivity contribution in [1.82, 2.24) is 40.1 Å². The molecule has 3 aliphatic heterocycles. The number of hydrogen-bond donors (Lipinski definition) is 4. The Hall–Kier alpha value is -5.13. The Morgan fingerprint density at radius 1 is 0.588 bits per heavy atom. The minimum atomic E-state index is -2.60. The average molecular weight is 686 g/mol. The molecule has 3 aliphatic rings. The summed E-state index contributed by atoms with van der Waals surface area (Å²) in [5, 5.41) is 7.03. The van der Waals surface area contributed by atoms with Crippen molar-refractivity contribution in [2.75, 3.05) is 31.1 Å². The quantitative estimate of drug-likeness (QED) is 0.129. The lowest BCUT2D eigenvalue weighted by atomic mass is 10.1. The number of imidazole rings is 2. The van der Waals surface area contributed by atoms with E-state index in [1.165, 1.54) is 12.8 Å². The zero-order chi connectivity index (χ0) is 34.4. The monoisotopic (exact) mass is 685 g/mol. The average Bonchev–Trinajstić information content (AvgIpc) is 4.01. The molecule has 3 saturated heterocycles. The molecular formula is C40H41F2N9. The smallest absolute Gasteiger partial charge is 0.251 e. The molecule has 2 aromatic carbocycles. The molecule has 260 valence electrons. The van der Waals surface area contributed by atoms with Crippen LogP contribution in [0.1, 0.15) is 62.3 Å². The van der Waals surface area contributed by atoms with Crippen LogP contribution in [0.15, 0.2) is 91.4 Å². The molecule has 3 fully saturated rings. The van der Waals surface area contributed by atoms with E-state index < -0.39 is 5.92 Å². The fourth-order valence-electron chi connectivity index (χ4n) is 7.72. The van der Waals surface area contributed by atoms with Crippen LogP contribution in [0, 0.1) is 0 Å². The van der Waals surface area contributed by atoms with E-state index >= 15 is 0 Å². The molecule has 0 bridgehead atoms. The van der Waals surface area contributed by atoms with Gasteiger partial charge in [-0.2, -0.15) is 0 Å². The summed E-state index contributed by atoms with van der Waals surface area (Å²) in [7, 11) is 0. The minimum absolute atomic E-state index is 0.150. The maximum absolute atomic E-state index is 13.9. The van der Waals surface area contributed by atoms with Crippen LogP contribution in [0.4, 0.5) is 14.6 Å². The first-order valence-corrected chi connectivity index (χ1v) is 18.1. The number of anilines is 1. The lowest BCUT2D eigenvalue weighted by Crippen LogP contribution is -2.39.